The van der Waals surface area contributed by atoms with Crippen LogP contribution in [-0.4, -0.2) is 140 Å². The number of nitrogens with two attached hydrogens (primary N) is 2. The maximum Gasteiger partial charge on any atom is 0.243 e. The normalized spacial score (nSPS) is 23.6. The third-order valence-electron chi connectivity index (χ3n) is 12.0. The van der Waals surface area contributed by atoms with E-state index in [1.807, 2.05) is 13.8 Å². The van der Waals surface area contributed by atoms with Gasteiger partial charge in [0.05, 0.1) is 19.5 Å². The number of primary amides is 2. The minimum Gasteiger partial charge on any atom is -0.508 e. The van der Waals surface area contributed by atoms with E-state index in [0.717, 1.165) is 0 Å². The molecular formula is C46H72N12O12. The summed E-state index contributed by atoms with van der Waals surface area (Å²) in [5.74, 6) is -8.92. The monoisotopic (exact) mass is 985 g/mol. The molecule has 0 radical (unpaired) electrons. The Balaban J connectivity index is 1.86. The van der Waals surface area contributed by atoms with Gasteiger partial charge < -0.3 is 69.7 Å². The van der Waals surface area contributed by atoms with Gasteiger partial charge in [-0.15, -0.1) is 0 Å². The number of hydrogen-bond acceptors (Lipinski definition) is 13. The molecule has 2 fully saturated rings. The molecule has 0 bridgehead atoms. The molecule has 3 rings (SSSR count). The molecule has 2 aliphatic rings. The van der Waals surface area contributed by atoms with Crippen molar-refractivity contribution in [2.24, 2.45) is 35.1 Å². The van der Waals surface area contributed by atoms with E-state index in [2.05, 4.69) is 53.2 Å². The second-order valence-corrected chi connectivity index (χ2v) is 18.3. The highest BCUT2D eigenvalue weighted by Gasteiger charge is 2.44. The highest BCUT2D eigenvalue weighted by atomic mass is 16.3. The van der Waals surface area contributed by atoms with Crippen LogP contribution in [0.4, 0.5) is 0 Å². The Morgan fingerprint density at radius 1 is 0.786 bits per heavy atom. The molecule has 24 nitrogen and oxygen atoms in total. The predicted octanol–water partition coefficient (Wildman–Crippen LogP) is -3.54. The minimum atomic E-state index is -1.65. The van der Waals surface area contributed by atoms with Crippen molar-refractivity contribution in [1.29, 1.82) is 0 Å². The van der Waals surface area contributed by atoms with Gasteiger partial charge in [-0.1, -0.05) is 46.2 Å². The Kier molecular flexibility index (Phi) is 23.5. The smallest absolute Gasteiger partial charge is 0.243 e. The minimum absolute atomic E-state index is 0.0133. The van der Waals surface area contributed by atoms with Gasteiger partial charge in [0.15, 0.2) is 0 Å². The maximum absolute atomic E-state index is 14.1. The predicted molar refractivity (Wildman–Crippen MR) is 253 cm³/mol. The first-order valence-corrected chi connectivity index (χ1v) is 23.7. The standard InChI is InChI=1S/C46H72N12O12/c1-6-25(4)39-46(70)55-31(13-14-37(62)49-5)43(67)57-34(21-35(47)60)44(68)54-30(8-7-16-50-23-38(63)53-33(45(69)58-39)19-26-9-11-28(59)12-10-26)41(65)51-17-15-27-20-29(27)40(64)56-32(18-24(2)3)42(66)52-22-36(48)61/h9-12,24-25,27,29-34,39,50,59H,6-8,13-23H2,1-5H3,(H2,47,60)(H2,48,61)(H,49,62)(H,51,65)(H,52,66)(H,53,63)(H,54,68)(H,55,70)(H,56,64)(H,57,67)(H,58,69). The van der Waals surface area contributed by atoms with Crippen molar-refractivity contribution in [2.45, 2.75) is 128 Å². The van der Waals surface area contributed by atoms with Gasteiger partial charge in [-0.05, 0) is 80.5 Å². The number of amides is 11. The van der Waals surface area contributed by atoms with Crippen LogP contribution in [-0.2, 0) is 59.2 Å². The summed E-state index contributed by atoms with van der Waals surface area (Å²) >= 11 is 0. The van der Waals surface area contributed by atoms with Crippen molar-refractivity contribution in [1.82, 2.24) is 53.2 Å². The van der Waals surface area contributed by atoms with Gasteiger partial charge in [-0.25, -0.2) is 0 Å². The zero-order valence-corrected chi connectivity index (χ0v) is 40.6. The van der Waals surface area contributed by atoms with Gasteiger partial charge >= 0.3 is 0 Å². The van der Waals surface area contributed by atoms with Gasteiger partial charge in [0.1, 0.15) is 42.0 Å². The Hall–Kier alpha value is -6.85. The number of rotatable bonds is 20. The molecule has 70 heavy (non-hydrogen) atoms. The van der Waals surface area contributed by atoms with Crippen LogP contribution < -0.4 is 64.6 Å². The first kappa shape index (κ1) is 57.5. The number of nitrogens with one attached hydrogen (secondary N) is 10. The molecule has 1 saturated heterocycles. The summed E-state index contributed by atoms with van der Waals surface area (Å²) in [5, 5.41) is 36.2. The molecule has 15 N–H and O–H groups in total. The summed E-state index contributed by atoms with van der Waals surface area (Å²) in [6.45, 7) is 6.78. The second-order valence-electron chi connectivity index (χ2n) is 18.3. The average molecular weight is 985 g/mol. The number of aromatic hydroxyl groups is 1. The molecule has 24 heteroatoms. The molecule has 1 aromatic carbocycles. The summed E-state index contributed by atoms with van der Waals surface area (Å²) in [6.07, 6.45) is 0.427. The molecule has 11 amide bonds. The Labute approximate surface area is 407 Å². The third-order valence-corrected chi connectivity index (χ3v) is 12.0. The zero-order valence-electron chi connectivity index (χ0n) is 40.6. The molecule has 1 aromatic rings. The largest absolute Gasteiger partial charge is 0.508 e. The second kappa shape index (κ2) is 28.6. The lowest BCUT2D eigenvalue weighted by Crippen LogP contribution is -2.61. The van der Waals surface area contributed by atoms with Crippen LogP contribution in [0.3, 0.4) is 0 Å². The zero-order chi connectivity index (χ0) is 52.1. The highest BCUT2D eigenvalue weighted by Crippen LogP contribution is 2.41. The van der Waals surface area contributed by atoms with Gasteiger partial charge in [-0.2, -0.15) is 0 Å². The average Bonchev–Trinajstić information content (AvgIpc) is 4.09. The number of carbonyl (C=O) groups is 11. The van der Waals surface area contributed by atoms with Crippen LogP contribution in [0.25, 0.3) is 0 Å². The van der Waals surface area contributed by atoms with Crippen molar-refractivity contribution in [3.05, 3.63) is 29.8 Å². The number of phenolic OH excluding ortho intramolecular Hbond substituents is 1. The van der Waals surface area contributed by atoms with E-state index in [0.29, 0.717) is 31.2 Å². The first-order chi connectivity index (χ1) is 33.1. The van der Waals surface area contributed by atoms with Crippen LogP contribution in [0, 0.1) is 23.7 Å². The van der Waals surface area contributed by atoms with Crippen LogP contribution in [0.1, 0.15) is 91.0 Å². The molecule has 9 atom stereocenters. The first-order valence-electron chi connectivity index (χ1n) is 23.7. The van der Waals surface area contributed by atoms with Crippen molar-refractivity contribution in [3.8, 4) is 5.75 Å². The summed E-state index contributed by atoms with van der Waals surface area (Å²) in [5.41, 5.74) is 11.2. The Morgan fingerprint density at radius 3 is 2.07 bits per heavy atom. The fourth-order valence-corrected chi connectivity index (χ4v) is 7.74. The lowest BCUT2D eigenvalue weighted by atomic mass is 9.96. The van der Waals surface area contributed by atoms with Crippen molar-refractivity contribution in [3.63, 3.8) is 0 Å². The highest BCUT2D eigenvalue weighted by molar-refractivity contribution is 5.98. The van der Waals surface area contributed by atoms with Gasteiger partial charge in [0.25, 0.3) is 0 Å². The van der Waals surface area contributed by atoms with Crippen LogP contribution in [0.5, 0.6) is 5.75 Å². The molecule has 0 spiro atoms. The lowest BCUT2D eigenvalue weighted by molar-refractivity contribution is -0.136. The van der Waals surface area contributed by atoms with E-state index < -0.39 is 114 Å². The Morgan fingerprint density at radius 2 is 1.44 bits per heavy atom. The SMILES string of the molecule is CCC(C)C1NC(=O)C(Cc2ccc(O)cc2)NC(=O)CNCCCC(C(=O)NCCC2CC2C(=O)NC(CC(C)C)C(=O)NCC(N)=O)NC(=O)C(CC(N)=O)NC(=O)C(CCC(=O)NC)NC1=O. The Bertz CT molecular complexity index is 2040. The number of phenols is 1. The number of benzene rings is 1. The molecule has 0 aromatic heterocycles. The van der Waals surface area contributed by atoms with Crippen molar-refractivity contribution in [2.75, 3.05) is 33.2 Å². The summed E-state index contributed by atoms with van der Waals surface area (Å²) in [6, 6.07) is -1.79. The molecule has 1 saturated carbocycles. The van der Waals surface area contributed by atoms with Gasteiger partial charge in [-0.3, -0.25) is 52.7 Å². The van der Waals surface area contributed by atoms with E-state index in [-0.39, 0.29) is 81.8 Å². The maximum atomic E-state index is 14.1. The van der Waals surface area contributed by atoms with Gasteiger partial charge in [0.2, 0.25) is 65.0 Å². The molecule has 388 valence electrons. The molecule has 1 aliphatic carbocycles. The van der Waals surface area contributed by atoms with E-state index in [1.165, 1.54) is 19.2 Å². The van der Waals surface area contributed by atoms with Crippen molar-refractivity contribution < 1.29 is 57.8 Å². The summed E-state index contributed by atoms with van der Waals surface area (Å²) < 4.78 is 0. The van der Waals surface area contributed by atoms with E-state index in [1.54, 1.807) is 26.0 Å². The molecule has 9 unspecified atom stereocenters. The molecule has 1 heterocycles. The third kappa shape index (κ3) is 20.0. The fraction of sp³-hybridized carbons (Fsp3) is 0.630. The fourth-order valence-electron chi connectivity index (χ4n) is 7.74. The van der Waals surface area contributed by atoms with Crippen LogP contribution >= 0.6 is 0 Å². The van der Waals surface area contributed by atoms with Crippen LogP contribution in [0.2, 0.25) is 0 Å². The van der Waals surface area contributed by atoms with Crippen molar-refractivity contribution >= 4 is 65.0 Å². The molecular weight excluding hydrogens is 913 g/mol. The van der Waals surface area contributed by atoms with E-state index >= 15 is 0 Å². The summed E-state index contributed by atoms with van der Waals surface area (Å²) in [7, 11) is 1.37. The van der Waals surface area contributed by atoms with E-state index in [9.17, 15) is 57.8 Å². The topological polar surface area (TPSA) is 380 Å². The summed E-state index contributed by atoms with van der Waals surface area (Å²) in [4.78, 5) is 145. The lowest BCUT2D eigenvalue weighted by Gasteiger charge is -2.29. The number of hydrogen-bond donors (Lipinski definition) is 13. The number of carbonyl (C=O) groups excluding carboxylic acids is 11. The van der Waals surface area contributed by atoms with Gasteiger partial charge in [0, 0.05) is 32.4 Å². The van der Waals surface area contributed by atoms with Crippen LogP contribution in [0.15, 0.2) is 24.3 Å². The van der Waals surface area contributed by atoms with E-state index in [4.69, 9.17) is 11.5 Å². The molecule has 1 aliphatic heterocycles. The quantitative estimate of drug-likeness (QED) is 0.0603.